The molecule has 1 atom stereocenters. The van der Waals surface area contributed by atoms with Crippen molar-refractivity contribution in [1.29, 1.82) is 0 Å². The summed E-state index contributed by atoms with van der Waals surface area (Å²) >= 11 is 0. The lowest BCUT2D eigenvalue weighted by molar-refractivity contribution is -0.386. The van der Waals surface area contributed by atoms with Gasteiger partial charge >= 0.3 is 0 Å². The van der Waals surface area contributed by atoms with Crippen molar-refractivity contribution in [3.8, 4) is 0 Å². The number of carbonyl (C=O) groups is 1. The highest BCUT2D eigenvalue weighted by Gasteiger charge is 2.37. The highest BCUT2D eigenvalue weighted by molar-refractivity contribution is 5.91. The maximum atomic E-state index is 11.4. The van der Waals surface area contributed by atoms with Crippen LogP contribution in [0.5, 0.6) is 0 Å². The Hall–Kier alpha value is -2.17. The quantitative estimate of drug-likeness (QED) is 0.580. The van der Waals surface area contributed by atoms with Gasteiger partial charge in [-0.3, -0.25) is 14.9 Å². The van der Waals surface area contributed by atoms with Gasteiger partial charge in [0.2, 0.25) is 0 Å². The minimum atomic E-state index is -0.963. The molecule has 1 aliphatic heterocycles. The van der Waals surface area contributed by atoms with Gasteiger partial charge in [-0.2, -0.15) is 0 Å². The molecule has 2 rings (SSSR count). The molecule has 5 nitrogen and oxygen atoms in total. The van der Waals surface area contributed by atoms with E-state index in [1.54, 1.807) is 25.1 Å². The van der Waals surface area contributed by atoms with Gasteiger partial charge in [0.25, 0.3) is 5.69 Å². The molecule has 17 heavy (non-hydrogen) atoms. The first-order valence-electron chi connectivity index (χ1n) is 5.14. The van der Waals surface area contributed by atoms with Crippen molar-refractivity contribution in [1.82, 2.24) is 0 Å². The van der Waals surface area contributed by atoms with E-state index in [4.69, 9.17) is 4.74 Å². The number of hydrogen-bond donors (Lipinski definition) is 0. The molecule has 1 heterocycles. The second-order valence-electron chi connectivity index (χ2n) is 4.07. The van der Waals surface area contributed by atoms with Crippen molar-refractivity contribution in [3.63, 3.8) is 0 Å². The second kappa shape index (κ2) is 4.01. The molecule has 0 saturated carbocycles. The molecule has 0 radical (unpaired) electrons. The van der Waals surface area contributed by atoms with Crippen LogP contribution in [0.3, 0.4) is 0 Å². The number of hydrogen-bond acceptors (Lipinski definition) is 4. The Balaban J connectivity index is 2.50. The SMILES string of the molecule is CC1(c2ccccc2[N+](=O)[O-])CC(=O)C=CO1. The maximum absolute atomic E-state index is 11.4. The number of allylic oxidation sites excluding steroid dienone is 1. The van der Waals surface area contributed by atoms with Crippen molar-refractivity contribution in [2.75, 3.05) is 0 Å². The smallest absolute Gasteiger partial charge is 0.276 e. The molecule has 5 heteroatoms. The fourth-order valence-corrected chi connectivity index (χ4v) is 1.93. The van der Waals surface area contributed by atoms with Gasteiger partial charge in [0.15, 0.2) is 5.78 Å². The monoisotopic (exact) mass is 233 g/mol. The molecule has 0 saturated heterocycles. The summed E-state index contributed by atoms with van der Waals surface area (Å²) in [5, 5.41) is 10.9. The van der Waals surface area contributed by atoms with E-state index in [2.05, 4.69) is 0 Å². The topological polar surface area (TPSA) is 69.4 Å². The highest BCUT2D eigenvalue weighted by Crippen LogP contribution is 2.37. The summed E-state index contributed by atoms with van der Waals surface area (Å²) in [6.07, 6.45) is 2.73. The summed E-state index contributed by atoms with van der Waals surface area (Å²) in [5.74, 6) is -0.100. The fraction of sp³-hybridized carbons (Fsp3) is 0.250. The summed E-state index contributed by atoms with van der Waals surface area (Å²) in [5.41, 5.74) is -0.573. The zero-order valence-electron chi connectivity index (χ0n) is 9.25. The van der Waals surface area contributed by atoms with Gasteiger partial charge in [-0.25, -0.2) is 0 Å². The Morgan fingerprint density at radius 3 is 2.76 bits per heavy atom. The number of nitro groups is 1. The molecule has 0 fully saturated rings. The number of nitrogens with zero attached hydrogens (tertiary/aromatic N) is 1. The lowest BCUT2D eigenvalue weighted by atomic mass is 9.88. The summed E-state index contributed by atoms with van der Waals surface area (Å²) < 4.78 is 5.41. The zero-order valence-corrected chi connectivity index (χ0v) is 9.25. The molecule has 1 aromatic carbocycles. The number of ether oxygens (including phenoxy) is 1. The average Bonchev–Trinajstić information content (AvgIpc) is 2.28. The van der Waals surface area contributed by atoms with E-state index >= 15 is 0 Å². The van der Waals surface area contributed by atoms with Crippen LogP contribution in [0.2, 0.25) is 0 Å². The minimum Gasteiger partial charge on any atom is -0.490 e. The normalized spacial score (nSPS) is 23.2. The summed E-state index contributed by atoms with van der Waals surface area (Å²) in [6.45, 7) is 1.68. The van der Waals surface area contributed by atoms with Gasteiger partial charge in [-0.1, -0.05) is 12.1 Å². The molecule has 0 spiro atoms. The Labute approximate surface area is 97.9 Å². The van der Waals surface area contributed by atoms with E-state index < -0.39 is 10.5 Å². The van der Waals surface area contributed by atoms with Crippen molar-refractivity contribution in [3.05, 3.63) is 52.3 Å². The van der Waals surface area contributed by atoms with Crippen molar-refractivity contribution in [2.45, 2.75) is 18.9 Å². The third-order valence-electron chi connectivity index (χ3n) is 2.76. The number of nitro benzene ring substituents is 1. The van der Waals surface area contributed by atoms with E-state index in [9.17, 15) is 14.9 Å². The third kappa shape index (κ3) is 2.04. The molecular formula is C12H11NO4. The summed E-state index contributed by atoms with van der Waals surface area (Å²) in [7, 11) is 0. The molecule has 1 aliphatic rings. The van der Waals surface area contributed by atoms with Crippen LogP contribution in [0, 0.1) is 10.1 Å². The average molecular weight is 233 g/mol. The van der Waals surface area contributed by atoms with Crippen LogP contribution < -0.4 is 0 Å². The number of ketones is 1. The van der Waals surface area contributed by atoms with E-state index in [1.807, 2.05) is 0 Å². The Kier molecular flexibility index (Phi) is 2.67. The predicted molar refractivity (Wildman–Crippen MR) is 60.3 cm³/mol. The van der Waals surface area contributed by atoms with E-state index in [0.717, 1.165) is 0 Å². The number of para-hydroxylation sites is 1. The van der Waals surface area contributed by atoms with Gasteiger partial charge < -0.3 is 4.74 Å². The zero-order chi connectivity index (χ0) is 12.5. The van der Waals surface area contributed by atoms with Gasteiger partial charge in [-0.05, 0) is 13.0 Å². The maximum Gasteiger partial charge on any atom is 0.276 e. The molecule has 0 amide bonds. The van der Waals surface area contributed by atoms with Crippen LogP contribution >= 0.6 is 0 Å². The Morgan fingerprint density at radius 2 is 2.12 bits per heavy atom. The molecule has 0 bridgehead atoms. The number of carbonyl (C=O) groups excluding carboxylic acids is 1. The van der Waals surface area contributed by atoms with Gasteiger partial charge in [0.1, 0.15) is 5.60 Å². The van der Waals surface area contributed by atoms with Crippen LogP contribution in [0.4, 0.5) is 5.69 Å². The lowest BCUT2D eigenvalue weighted by Crippen LogP contribution is -2.30. The largest absolute Gasteiger partial charge is 0.490 e. The van der Waals surface area contributed by atoms with Gasteiger partial charge in [0, 0.05) is 12.1 Å². The van der Waals surface area contributed by atoms with Crippen LogP contribution in [0.25, 0.3) is 0 Å². The first kappa shape index (κ1) is 11.3. The molecule has 0 aromatic heterocycles. The summed E-state index contributed by atoms with van der Waals surface area (Å²) in [4.78, 5) is 21.9. The van der Waals surface area contributed by atoms with E-state index in [0.29, 0.717) is 5.56 Å². The summed E-state index contributed by atoms with van der Waals surface area (Å²) in [6, 6.07) is 6.31. The number of benzene rings is 1. The van der Waals surface area contributed by atoms with Crippen LogP contribution in [-0.2, 0) is 15.1 Å². The molecule has 0 N–H and O–H groups in total. The second-order valence-corrected chi connectivity index (χ2v) is 4.07. The van der Waals surface area contributed by atoms with Crippen molar-refractivity contribution >= 4 is 11.5 Å². The fourth-order valence-electron chi connectivity index (χ4n) is 1.93. The molecule has 1 unspecified atom stereocenters. The standard InChI is InChI=1S/C12H11NO4/c1-12(8-9(14)6-7-17-12)10-4-2-3-5-11(10)13(15)16/h2-7H,8H2,1H3. The minimum absolute atomic E-state index is 0.0295. The predicted octanol–water partition coefficient (Wildman–Crippen LogP) is 2.31. The van der Waals surface area contributed by atoms with Gasteiger partial charge in [-0.15, -0.1) is 0 Å². The Morgan fingerprint density at radius 1 is 1.41 bits per heavy atom. The van der Waals surface area contributed by atoms with E-state index in [-0.39, 0.29) is 17.9 Å². The first-order valence-corrected chi connectivity index (χ1v) is 5.14. The van der Waals surface area contributed by atoms with Crippen molar-refractivity contribution in [2.24, 2.45) is 0 Å². The highest BCUT2D eigenvalue weighted by atomic mass is 16.6. The number of rotatable bonds is 2. The van der Waals surface area contributed by atoms with E-state index in [1.165, 1.54) is 18.4 Å². The van der Waals surface area contributed by atoms with Crippen LogP contribution in [0.1, 0.15) is 18.9 Å². The van der Waals surface area contributed by atoms with Gasteiger partial charge in [0.05, 0.1) is 23.2 Å². The molecule has 0 aliphatic carbocycles. The van der Waals surface area contributed by atoms with Crippen molar-refractivity contribution < 1.29 is 14.5 Å². The third-order valence-corrected chi connectivity index (χ3v) is 2.76. The molecule has 1 aromatic rings. The molecular weight excluding hydrogens is 222 g/mol. The van der Waals surface area contributed by atoms with Crippen LogP contribution in [-0.4, -0.2) is 10.7 Å². The van der Waals surface area contributed by atoms with Crippen LogP contribution in [0.15, 0.2) is 36.6 Å². The lowest BCUT2D eigenvalue weighted by Gasteiger charge is -2.30. The Bertz CT molecular complexity index is 509. The first-order chi connectivity index (χ1) is 8.03. The molecule has 88 valence electrons.